The third-order valence-electron chi connectivity index (χ3n) is 3.62. The van der Waals surface area contributed by atoms with Crippen LogP contribution in [-0.2, 0) is 17.8 Å². The lowest BCUT2D eigenvalue weighted by molar-refractivity contribution is -0.121. The van der Waals surface area contributed by atoms with Gasteiger partial charge in [-0.15, -0.1) is 0 Å². The van der Waals surface area contributed by atoms with Gasteiger partial charge in [-0.05, 0) is 30.5 Å². The monoisotopic (exact) mass is 313 g/mol. The van der Waals surface area contributed by atoms with Crippen LogP contribution < -0.4 is 10.1 Å². The van der Waals surface area contributed by atoms with Crippen molar-refractivity contribution < 1.29 is 9.53 Å². The Morgan fingerprint density at radius 1 is 1.39 bits per heavy atom. The highest BCUT2D eigenvalue weighted by Gasteiger charge is 2.06. The highest BCUT2D eigenvalue weighted by Crippen LogP contribution is 2.18. The molecule has 23 heavy (non-hydrogen) atoms. The van der Waals surface area contributed by atoms with Gasteiger partial charge < -0.3 is 15.0 Å². The Labute approximate surface area is 133 Å². The zero-order valence-corrected chi connectivity index (χ0v) is 12.9. The van der Waals surface area contributed by atoms with Crippen molar-refractivity contribution in [1.29, 1.82) is 0 Å². The lowest BCUT2D eigenvalue weighted by Gasteiger charge is -2.02. The third-order valence-corrected chi connectivity index (χ3v) is 3.62. The average Bonchev–Trinajstić information content (AvgIpc) is 3.21. The van der Waals surface area contributed by atoms with Gasteiger partial charge in [-0.25, -0.2) is 4.98 Å². The first-order valence-corrected chi connectivity index (χ1v) is 7.51. The minimum Gasteiger partial charge on any atom is -0.497 e. The van der Waals surface area contributed by atoms with Crippen LogP contribution >= 0.6 is 0 Å². The van der Waals surface area contributed by atoms with Crippen LogP contribution in [0.1, 0.15) is 24.2 Å². The molecule has 0 aliphatic heterocycles. The number of H-pyrrole nitrogens is 2. The van der Waals surface area contributed by atoms with E-state index in [0.717, 1.165) is 41.0 Å². The van der Waals surface area contributed by atoms with Crippen molar-refractivity contribution in [3.05, 3.63) is 42.0 Å². The number of hydrogen-bond acceptors (Lipinski definition) is 4. The van der Waals surface area contributed by atoms with Crippen LogP contribution in [0.4, 0.5) is 0 Å². The first-order valence-electron chi connectivity index (χ1n) is 7.51. The van der Waals surface area contributed by atoms with Crippen molar-refractivity contribution >= 4 is 16.9 Å². The summed E-state index contributed by atoms with van der Waals surface area (Å²) in [5.74, 6) is 1.53. The van der Waals surface area contributed by atoms with E-state index in [-0.39, 0.29) is 5.91 Å². The van der Waals surface area contributed by atoms with Crippen LogP contribution in [0, 0.1) is 0 Å². The second-order valence-corrected chi connectivity index (χ2v) is 5.30. The summed E-state index contributed by atoms with van der Waals surface area (Å²) in [5, 5.41) is 9.53. The van der Waals surface area contributed by atoms with E-state index in [1.165, 1.54) is 0 Å². The molecular weight excluding hydrogens is 294 g/mol. The molecule has 3 rings (SSSR count). The standard InChI is InChI=1S/C16H19N5O2/c1-23-12-5-6-13-14(7-12)21-15(20-13)10-17-16(22)4-2-3-11-8-18-19-9-11/h5-9H,2-4,10H2,1H3,(H,17,22)(H,18,19)(H,20,21). The smallest absolute Gasteiger partial charge is 0.220 e. The number of methoxy groups -OCH3 is 1. The number of fused-ring (bicyclic) bond motifs is 1. The number of aromatic nitrogens is 4. The van der Waals surface area contributed by atoms with Crippen molar-refractivity contribution in [2.24, 2.45) is 0 Å². The van der Waals surface area contributed by atoms with E-state index in [1.807, 2.05) is 24.4 Å². The van der Waals surface area contributed by atoms with Crippen molar-refractivity contribution in [3.63, 3.8) is 0 Å². The summed E-state index contributed by atoms with van der Waals surface area (Å²) in [6, 6.07) is 5.64. The summed E-state index contributed by atoms with van der Waals surface area (Å²) in [5.41, 5.74) is 2.87. The molecule has 120 valence electrons. The largest absolute Gasteiger partial charge is 0.497 e. The number of carbonyl (C=O) groups excluding carboxylic acids is 1. The molecule has 2 heterocycles. The predicted molar refractivity (Wildman–Crippen MR) is 86.0 cm³/mol. The number of nitrogens with zero attached hydrogens (tertiary/aromatic N) is 2. The number of rotatable bonds is 7. The zero-order chi connectivity index (χ0) is 16.1. The third kappa shape index (κ3) is 3.88. The molecule has 0 saturated heterocycles. The van der Waals surface area contributed by atoms with Crippen LogP contribution in [-0.4, -0.2) is 33.2 Å². The first-order chi connectivity index (χ1) is 11.2. The molecule has 7 nitrogen and oxygen atoms in total. The number of benzene rings is 1. The summed E-state index contributed by atoms with van der Waals surface area (Å²) >= 11 is 0. The van der Waals surface area contributed by atoms with Crippen molar-refractivity contribution in [2.45, 2.75) is 25.8 Å². The Morgan fingerprint density at radius 2 is 2.30 bits per heavy atom. The molecule has 7 heteroatoms. The van der Waals surface area contributed by atoms with Crippen LogP contribution in [0.3, 0.4) is 0 Å². The molecule has 0 aliphatic rings. The van der Waals surface area contributed by atoms with Gasteiger partial charge in [0, 0.05) is 18.7 Å². The number of hydrogen-bond donors (Lipinski definition) is 3. The predicted octanol–water partition coefficient (Wildman–Crippen LogP) is 1.93. The quantitative estimate of drug-likeness (QED) is 0.621. The molecule has 0 aliphatic carbocycles. The fraction of sp³-hybridized carbons (Fsp3) is 0.312. The second kappa shape index (κ2) is 6.95. The molecule has 0 spiro atoms. The van der Waals surface area contributed by atoms with Gasteiger partial charge >= 0.3 is 0 Å². The Morgan fingerprint density at radius 3 is 3.09 bits per heavy atom. The molecule has 3 N–H and O–H groups in total. The minimum atomic E-state index is 0.0199. The summed E-state index contributed by atoms with van der Waals surface area (Å²) in [6.45, 7) is 0.390. The van der Waals surface area contributed by atoms with E-state index in [1.54, 1.807) is 13.3 Å². The van der Waals surface area contributed by atoms with Gasteiger partial charge in [0.05, 0.1) is 30.9 Å². The Balaban J connectivity index is 1.48. The van der Waals surface area contributed by atoms with Crippen molar-refractivity contribution in [1.82, 2.24) is 25.5 Å². The van der Waals surface area contributed by atoms with E-state index in [2.05, 4.69) is 25.5 Å². The van der Waals surface area contributed by atoms with E-state index in [4.69, 9.17) is 4.74 Å². The average molecular weight is 313 g/mol. The zero-order valence-electron chi connectivity index (χ0n) is 12.9. The fourth-order valence-electron chi connectivity index (χ4n) is 2.39. The Hall–Kier alpha value is -2.83. The molecule has 0 atom stereocenters. The van der Waals surface area contributed by atoms with Gasteiger partial charge in [-0.3, -0.25) is 9.89 Å². The maximum atomic E-state index is 11.9. The normalized spacial score (nSPS) is 10.8. The van der Waals surface area contributed by atoms with Crippen molar-refractivity contribution in [2.75, 3.05) is 7.11 Å². The van der Waals surface area contributed by atoms with Gasteiger partial charge in [0.1, 0.15) is 11.6 Å². The molecule has 0 saturated carbocycles. The van der Waals surface area contributed by atoms with E-state index >= 15 is 0 Å². The lowest BCUT2D eigenvalue weighted by atomic mass is 10.1. The number of aryl methyl sites for hydroxylation is 1. The van der Waals surface area contributed by atoms with Crippen LogP contribution in [0.25, 0.3) is 11.0 Å². The number of carbonyl (C=O) groups is 1. The first kappa shape index (κ1) is 15.1. The highest BCUT2D eigenvalue weighted by atomic mass is 16.5. The SMILES string of the molecule is COc1ccc2nc(CNC(=O)CCCc3cn[nH]c3)[nH]c2c1. The lowest BCUT2D eigenvalue weighted by Crippen LogP contribution is -2.23. The highest BCUT2D eigenvalue weighted by molar-refractivity contribution is 5.77. The molecule has 0 fully saturated rings. The maximum Gasteiger partial charge on any atom is 0.220 e. The summed E-state index contributed by atoms with van der Waals surface area (Å²) in [7, 11) is 1.63. The number of ether oxygens (including phenoxy) is 1. The molecular formula is C16H19N5O2. The van der Waals surface area contributed by atoms with Crippen LogP contribution in [0.5, 0.6) is 5.75 Å². The second-order valence-electron chi connectivity index (χ2n) is 5.30. The minimum absolute atomic E-state index is 0.0199. The number of nitrogens with one attached hydrogen (secondary N) is 3. The van der Waals surface area contributed by atoms with Gasteiger partial charge in [-0.2, -0.15) is 5.10 Å². The number of amides is 1. The topological polar surface area (TPSA) is 95.7 Å². The molecule has 3 aromatic rings. The number of aromatic amines is 2. The molecule has 0 radical (unpaired) electrons. The fourth-order valence-corrected chi connectivity index (χ4v) is 2.39. The molecule has 2 aromatic heterocycles. The van der Waals surface area contributed by atoms with Crippen molar-refractivity contribution in [3.8, 4) is 5.75 Å². The van der Waals surface area contributed by atoms with Crippen LogP contribution in [0.15, 0.2) is 30.6 Å². The van der Waals surface area contributed by atoms with E-state index in [0.29, 0.717) is 13.0 Å². The summed E-state index contributed by atoms with van der Waals surface area (Å²) in [4.78, 5) is 19.5. The van der Waals surface area contributed by atoms with Gasteiger partial charge in [-0.1, -0.05) is 0 Å². The summed E-state index contributed by atoms with van der Waals surface area (Å²) < 4.78 is 5.18. The van der Waals surface area contributed by atoms with Crippen LogP contribution in [0.2, 0.25) is 0 Å². The van der Waals surface area contributed by atoms with Gasteiger partial charge in [0.15, 0.2) is 0 Å². The molecule has 0 unspecified atom stereocenters. The van der Waals surface area contributed by atoms with Gasteiger partial charge in [0.25, 0.3) is 0 Å². The molecule has 1 aromatic carbocycles. The van der Waals surface area contributed by atoms with Gasteiger partial charge in [0.2, 0.25) is 5.91 Å². The number of imidazole rings is 1. The van der Waals surface area contributed by atoms with E-state index < -0.39 is 0 Å². The Bertz CT molecular complexity index is 779. The molecule has 1 amide bonds. The maximum absolute atomic E-state index is 11.9. The Kier molecular flexibility index (Phi) is 4.56. The molecule has 0 bridgehead atoms. The van der Waals surface area contributed by atoms with E-state index in [9.17, 15) is 4.79 Å². The summed E-state index contributed by atoms with van der Waals surface area (Å²) in [6.07, 6.45) is 5.75.